The van der Waals surface area contributed by atoms with Crippen molar-refractivity contribution in [3.05, 3.63) is 69.5 Å². The molecule has 0 bridgehead atoms. The van der Waals surface area contributed by atoms with E-state index in [2.05, 4.69) is 20.8 Å². The van der Waals surface area contributed by atoms with Crippen LogP contribution in [0, 0.1) is 0 Å². The Labute approximate surface area is 264 Å². The first-order valence-electron chi connectivity index (χ1n) is 12.7. The molecule has 12 nitrogen and oxygen atoms in total. The highest BCUT2D eigenvalue weighted by atomic mass is 35.5. The summed E-state index contributed by atoms with van der Waals surface area (Å²) in [6.07, 6.45) is -0.427. The van der Waals surface area contributed by atoms with Gasteiger partial charge in [0.25, 0.3) is 0 Å². The van der Waals surface area contributed by atoms with Crippen molar-refractivity contribution in [1.29, 1.82) is 0 Å². The van der Waals surface area contributed by atoms with Crippen LogP contribution in [0.15, 0.2) is 52.8 Å². The monoisotopic (exact) mass is 667 g/mol. The zero-order valence-electron chi connectivity index (χ0n) is 22.6. The third-order valence-corrected chi connectivity index (χ3v) is 7.62. The van der Waals surface area contributed by atoms with Crippen LogP contribution in [-0.4, -0.2) is 62.3 Å². The number of ketones is 2. The average Bonchev–Trinajstić information content (AvgIpc) is 3.62. The number of hydrogen-bond acceptors (Lipinski definition) is 11. The maximum absolute atomic E-state index is 12.3. The van der Waals surface area contributed by atoms with Crippen molar-refractivity contribution in [2.24, 2.45) is 5.16 Å². The van der Waals surface area contributed by atoms with Gasteiger partial charge in [0.05, 0.1) is 24.0 Å². The van der Waals surface area contributed by atoms with E-state index >= 15 is 0 Å². The molecule has 0 radical (unpaired) electrons. The minimum absolute atomic E-state index is 0.0797. The Hall–Kier alpha value is -3.65. The summed E-state index contributed by atoms with van der Waals surface area (Å²) in [6.45, 7) is 1.59. The van der Waals surface area contributed by atoms with Crippen molar-refractivity contribution in [2.75, 3.05) is 23.7 Å². The number of hydrogen-bond donors (Lipinski definition) is 1. The van der Waals surface area contributed by atoms with Gasteiger partial charge in [0.1, 0.15) is 18.8 Å². The summed E-state index contributed by atoms with van der Waals surface area (Å²) >= 11 is 18.8. The average molecular weight is 669 g/mol. The van der Waals surface area contributed by atoms with E-state index in [4.69, 9.17) is 49.1 Å². The zero-order valence-corrected chi connectivity index (χ0v) is 25.6. The minimum atomic E-state index is -1.01. The predicted molar refractivity (Wildman–Crippen MR) is 159 cm³/mol. The lowest BCUT2D eigenvalue weighted by Crippen LogP contribution is -2.32. The second-order valence-electron chi connectivity index (χ2n) is 8.83. The molecule has 0 aliphatic carbocycles. The SMILES string of the molecule is CCOC(=O)CC(=O)CSc1nnc(COc2ccccc2C2=NOC(c3ccc(Cl)cc3Cl)C2)n1NC(=O)C(=O)CCl. The first-order chi connectivity index (χ1) is 20.7. The number of Topliss-reactive ketones (excluding diaryl/α,β-unsaturated/α-hetero) is 2. The van der Waals surface area contributed by atoms with Crippen molar-refractivity contribution in [1.82, 2.24) is 14.9 Å². The molecule has 1 amide bonds. The summed E-state index contributed by atoms with van der Waals surface area (Å²) < 4.78 is 12.0. The molecule has 1 aliphatic rings. The third kappa shape index (κ3) is 8.47. The van der Waals surface area contributed by atoms with E-state index in [9.17, 15) is 19.2 Å². The van der Waals surface area contributed by atoms with E-state index in [1.54, 1.807) is 37.3 Å². The zero-order chi connectivity index (χ0) is 30.9. The van der Waals surface area contributed by atoms with E-state index < -0.39 is 41.8 Å². The number of aromatic nitrogens is 3. The Morgan fingerprint density at radius 2 is 1.93 bits per heavy atom. The maximum atomic E-state index is 12.3. The lowest BCUT2D eigenvalue weighted by molar-refractivity contribution is -0.145. The highest BCUT2D eigenvalue weighted by Crippen LogP contribution is 2.36. The van der Waals surface area contributed by atoms with E-state index in [-0.39, 0.29) is 29.9 Å². The molecule has 0 spiro atoms. The van der Waals surface area contributed by atoms with Crippen LogP contribution in [0.25, 0.3) is 0 Å². The number of thioether (sulfide) groups is 1. The Morgan fingerprint density at radius 1 is 1.14 bits per heavy atom. The lowest BCUT2D eigenvalue weighted by atomic mass is 9.99. The Bertz CT molecular complexity index is 1570. The first kappa shape index (κ1) is 32.3. The van der Waals surface area contributed by atoms with Crippen LogP contribution < -0.4 is 10.2 Å². The van der Waals surface area contributed by atoms with Crippen molar-refractivity contribution in [3.63, 3.8) is 0 Å². The van der Waals surface area contributed by atoms with Gasteiger partial charge in [-0.1, -0.05) is 58.3 Å². The summed E-state index contributed by atoms with van der Waals surface area (Å²) in [5.74, 6) is -3.14. The number of ether oxygens (including phenoxy) is 2. The van der Waals surface area contributed by atoms with Crippen molar-refractivity contribution >= 4 is 75.7 Å². The Morgan fingerprint density at radius 3 is 2.67 bits per heavy atom. The van der Waals surface area contributed by atoms with Gasteiger partial charge in [-0.3, -0.25) is 24.6 Å². The van der Waals surface area contributed by atoms with Crippen molar-refractivity contribution in [3.8, 4) is 5.75 Å². The molecule has 16 heteroatoms. The summed E-state index contributed by atoms with van der Waals surface area (Å²) in [5, 5.41) is 13.4. The second kappa shape index (κ2) is 15.2. The second-order valence-corrected chi connectivity index (χ2v) is 10.9. The highest BCUT2D eigenvalue weighted by molar-refractivity contribution is 7.99. The van der Waals surface area contributed by atoms with Gasteiger partial charge in [0.2, 0.25) is 10.9 Å². The van der Waals surface area contributed by atoms with Crippen LogP contribution in [-0.2, 0) is 35.4 Å². The molecule has 1 aliphatic heterocycles. The van der Waals surface area contributed by atoms with Crippen LogP contribution in [0.5, 0.6) is 5.75 Å². The number of nitrogens with one attached hydrogen (secondary N) is 1. The quantitative estimate of drug-likeness (QED) is 0.0854. The maximum Gasteiger partial charge on any atom is 0.313 e. The molecular formula is C27H24Cl3N5O7S. The van der Waals surface area contributed by atoms with Crippen molar-refractivity contribution in [2.45, 2.75) is 37.6 Å². The molecule has 1 aromatic heterocycles. The molecule has 0 saturated heterocycles. The summed E-state index contributed by atoms with van der Waals surface area (Å²) in [7, 11) is 0. The molecule has 3 aromatic rings. The van der Waals surface area contributed by atoms with Gasteiger partial charge in [-0.05, 0) is 31.2 Å². The molecule has 2 heterocycles. The van der Waals surface area contributed by atoms with Gasteiger partial charge in [0.15, 0.2) is 17.7 Å². The molecule has 2 aromatic carbocycles. The summed E-state index contributed by atoms with van der Waals surface area (Å²) in [5.41, 5.74) is 4.39. The molecule has 0 fully saturated rings. The van der Waals surface area contributed by atoms with E-state index in [1.807, 2.05) is 12.1 Å². The molecular weight excluding hydrogens is 645 g/mol. The molecule has 43 heavy (non-hydrogen) atoms. The Kier molecular flexibility index (Phi) is 11.4. The number of amides is 1. The van der Waals surface area contributed by atoms with Gasteiger partial charge in [-0.25, -0.2) is 4.68 Å². The molecule has 226 valence electrons. The van der Waals surface area contributed by atoms with Gasteiger partial charge in [-0.2, -0.15) is 0 Å². The summed E-state index contributed by atoms with van der Waals surface area (Å²) in [4.78, 5) is 53.7. The number of oxime groups is 1. The number of alkyl halides is 1. The highest BCUT2D eigenvalue weighted by Gasteiger charge is 2.28. The number of esters is 1. The number of carbonyl (C=O) groups excluding carboxylic acids is 4. The van der Waals surface area contributed by atoms with E-state index in [0.29, 0.717) is 33.5 Å². The predicted octanol–water partition coefficient (Wildman–Crippen LogP) is 4.52. The number of benzene rings is 2. The molecule has 1 N–H and O–H groups in total. The minimum Gasteiger partial charge on any atom is -0.485 e. The van der Waals surface area contributed by atoms with Crippen LogP contribution in [0.4, 0.5) is 0 Å². The van der Waals surface area contributed by atoms with Gasteiger partial charge < -0.3 is 14.3 Å². The topological polar surface area (TPSA) is 151 Å². The molecule has 1 atom stereocenters. The molecule has 1 unspecified atom stereocenters. The fourth-order valence-corrected chi connectivity index (χ4v) is 5.25. The number of nitrogens with zero attached hydrogens (tertiary/aromatic N) is 4. The normalized spacial score (nSPS) is 14.0. The number of halogens is 3. The van der Waals surface area contributed by atoms with Crippen LogP contribution in [0.3, 0.4) is 0 Å². The standard InChI is InChI=1S/C27H24Cl3N5O7S/c1-2-40-25(38)10-16(36)14-43-27-32-31-24(35(27)33-26(39)21(37)12-28)13-41-22-6-4-3-5-18(22)20-11-23(42-34-20)17-8-7-15(29)9-19(17)30/h3-9,23H,2,10-14H2,1H3,(H,33,39). The molecule has 0 saturated carbocycles. The third-order valence-electron chi connectivity index (χ3n) is 5.83. The van der Waals surface area contributed by atoms with Crippen molar-refractivity contribution < 1.29 is 33.5 Å². The number of para-hydroxylation sites is 1. The van der Waals surface area contributed by atoms with Gasteiger partial charge in [0, 0.05) is 27.6 Å². The number of carbonyl (C=O) groups is 4. The smallest absolute Gasteiger partial charge is 0.313 e. The van der Waals surface area contributed by atoms with Gasteiger partial charge in [-0.15, -0.1) is 21.8 Å². The molecule has 4 rings (SSSR count). The Balaban J connectivity index is 1.49. The lowest BCUT2D eigenvalue weighted by Gasteiger charge is -2.13. The summed E-state index contributed by atoms with van der Waals surface area (Å²) in [6, 6.07) is 12.3. The van der Waals surface area contributed by atoms with Crippen LogP contribution in [0.2, 0.25) is 10.0 Å². The van der Waals surface area contributed by atoms with Crippen LogP contribution in [0.1, 0.15) is 42.8 Å². The van der Waals surface area contributed by atoms with Gasteiger partial charge >= 0.3 is 11.9 Å². The van der Waals surface area contributed by atoms with E-state index in [0.717, 1.165) is 22.0 Å². The first-order valence-corrected chi connectivity index (χ1v) is 15.0. The fraction of sp³-hybridized carbons (Fsp3) is 0.296. The largest absolute Gasteiger partial charge is 0.485 e. The van der Waals surface area contributed by atoms with E-state index in [1.165, 1.54) is 0 Å². The fourth-order valence-electron chi connectivity index (χ4n) is 3.83. The van der Waals surface area contributed by atoms with Crippen LogP contribution >= 0.6 is 46.6 Å². The number of rotatable bonds is 14.